The minimum absolute atomic E-state index is 0.104. The Morgan fingerprint density at radius 3 is 2.81 bits per heavy atom. The van der Waals surface area contributed by atoms with Crippen LogP contribution in [-0.4, -0.2) is 12.4 Å². The maximum atomic E-state index is 12.1. The summed E-state index contributed by atoms with van der Waals surface area (Å²) >= 11 is 11.8. The van der Waals surface area contributed by atoms with Gasteiger partial charge in [0.1, 0.15) is 0 Å². The van der Waals surface area contributed by atoms with Crippen LogP contribution >= 0.6 is 23.2 Å². The second-order valence-corrected chi connectivity index (χ2v) is 4.41. The van der Waals surface area contributed by atoms with Gasteiger partial charge in [0.05, 0.1) is 17.9 Å². The van der Waals surface area contributed by atoms with Crippen LogP contribution in [0.4, 0.5) is 0 Å². The van der Waals surface area contributed by atoms with E-state index in [1.165, 1.54) is 6.26 Å². The Hall–Kier alpha value is -0.990. The first-order chi connectivity index (χ1) is 7.68. The third-order valence-corrected chi connectivity index (χ3v) is 2.96. The molecule has 1 aliphatic rings. The van der Waals surface area contributed by atoms with E-state index in [4.69, 9.17) is 27.9 Å². The van der Waals surface area contributed by atoms with Crippen LogP contribution in [0.25, 0.3) is 0 Å². The second kappa shape index (κ2) is 4.89. The van der Waals surface area contributed by atoms with Crippen molar-refractivity contribution < 1.29 is 9.53 Å². The molecule has 1 aliphatic heterocycles. The summed E-state index contributed by atoms with van der Waals surface area (Å²) in [6.07, 6.45) is 3.10. The highest BCUT2D eigenvalue weighted by Crippen LogP contribution is 2.25. The molecule has 0 atom stereocenters. The molecule has 1 aromatic carbocycles. The Morgan fingerprint density at radius 1 is 1.31 bits per heavy atom. The molecule has 2 nitrogen and oxygen atoms in total. The van der Waals surface area contributed by atoms with Crippen LogP contribution in [0.1, 0.15) is 23.2 Å². The zero-order valence-electron chi connectivity index (χ0n) is 8.50. The van der Waals surface area contributed by atoms with Crippen molar-refractivity contribution in [1.29, 1.82) is 0 Å². The van der Waals surface area contributed by atoms with Gasteiger partial charge in [-0.3, -0.25) is 4.79 Å². The van der Waals surface area contributed by atoms with E-state index in [1.54, 1.807) is 18.2 Å². The van der Waals surface area contributed by atoms with E-state index in [9.17, 15) is 4.79 Å². The summed E-state index contributed by atoms with van der Waals surface area (Å²) in [7, 11) is 0. The smallest absolute Gasteiger partial charge is 0.193 e. The summed E-state index contributed by atoms with van der Waals surface area (Å²) in [5.74, 6) is -0.104. The third-order valence-electron chi connectivity index (χ3n) is 2.40. The van der Waals surface area contributed by atoms with E-state index in [-0.39, 0.29) is 5.78 Å². The second-order valence-electron chi connectivity index (χ2n) is 3.57. The van der Waals surface area contributed by atoms with Gasteiger partial charge in [-0.2, -0.15) is 0 Å². The Bertz CT molecular complexity index is 452. The molecule has 0 fully saturated rings. The number of carbonyl (C=O) groups is 1. The average Bonchev–Trinajstić information content (AvgIpc) is 2.32. The van der Waals surface area contributed by atoms with Crippen LogP contribution in [0, 0.1) is 0 Å². The van der Waals surface area contributed by atoms with Crippen molar-refractivity contribution in [1.82, 2.24) is 0 Å². The van der Waals surface area contributed by atoms with Crippen molar-refractivity contribution in [3.05, 3.63) is 45.6 Å². The lowest BCUT2D eigenvalue weighted by molar-refractivity contribution is 0.101. The van der Waals surface area contributed by atoms with Crippen LogP contribution in [-0.2, 0) is 4.74 Å². The predicted molar refractivity (Wildman–Crippen MR) is 64.1 cm³/mol. The fourth-order valence-corrected chi connectivity index (χ4v) is 1.95. The van der Waals surface area contributed by atoms with Crippen molar-refractivity contribution >= 4 is 29.0 Å². The lowest BCUT2D eigenvalue weighted by Crippen LogP contribution is -2.09. The molecule has 0 saturated heterocycles. The third kappa shape index (κ3) is 2.39. The van der Waals surface area contributed by atoms with Gasteiger partial charge in [-0.25, -0.2) is 0 Å². The number of halogens is 2. The SMILES string of the molecule is O=C(C1=COCCC1)c1cc(Cl)ccc1Cl. The first-order valence-corrected chi connectivity index (χ1v) is 5.74. The topological polar surface area (TPSA) is 26.3 Å². The van der Waals surface area contributed by atoms with Crippen molar-refractivity contribution in [3.63, 3.8) is 0 Å². The highest BCUT2D eigenvalue weighted by molar-refractivity contribution is 6.36. The molecule has 84 valence electrons. The standard InChI is InChI=1S/C12H10Cl2O2/c13-9-3-4-11(14)10(6-9)12(15)8-2-1-5-16-7-8/h3-4,6-7H,1-2,5H2. The van der Waals surface area contributed by atoms with E-state index in [1.807, 2.05) is 0 Å². The summed E-state index contributed by atoms with van der Waals surface area (Å²) in [6.45, 7) is 0.667. The van der Waals surface area contributed by atoms with Crippen LogP contribution in [0.2, 0.25) is 10.0 Å². The predicted octanol–water partition coefficient (Wildman–Crippen LogP) is 3.87. The molecule has 0 N–H and O–H groups in total. The minimum atomic E-state index is -0.104. The summed E-state index contributed by atoms with van der Waals surface area (Å²) in [5.41, 5.74) is 1.08. The highest BCUT2D eigenvalue weighted by Gasteiger charge is 2.18. The quantitative estimate of drug-likeness (QED) is 0.751. The number of ether oxygens (including phenoxy) is 1. The molecule has 0 aromatic heterocycles. The maximum Gasteiger partial charge on any atom is 0.193 e. The van der Waals surface area contributed by atoms with E-state index >= 15 is 0 Å². The fraction of sp³-hybridized carbons (Fsp3) is 0.250. The van der Waals surface area contributed by atoms with Crippen LogP contribution in [0.15, 0.2) is 30.0 Å². The van der Waals surface area contributed by atoms with E-state index in [0.717, 1.165) is 12.8 Å². The summed E-state index contributed by atoms with van der Waals surface area (Å²) in [6, 6.07) is 4.87. The number of hydrogen-bond acceptors (Lipinski definition) is 2. The van der Waals surface area contributed by atoms with E-state index < -0.39 is 0 Å². The van der Waals surface area contributed by atoms with Gasteiger partial charge >= 0.3 is 0 Å². The first kappa shape index (κ1) is 11.5. The van der Waals surface area contributed by atoms with Gasteiger partial charge in [-0.1, -0.05) is 23.2 Å². The highest BCUT2D eigenvalue weighted by atomic mass is 35.5. The Kier molecular flexibility index (Phi) is 3.52. The zero-order chi connectivity index (χ0) is 11.5. The Labute approximate surface area is 104 Å². The fourth-order valence-electron chi connectivity index (χ4n) is 1.58. The Morgan fingerprint density at radius 2 is 2.12 bits per heavy atom. The molecule has 1 heterocycles. The summed E-state index contributed by atoms with van der Waals surface area (Å²) in [5, 5.41) is 0.922. The van der Waals surface area contributed by atoms with E-state index in [0.29, 0.717) is 27.8 Å². The van der Waals surface area contributed by atoms with Gasteiger partial charge in [0, 0.05) is 16.2 Å². The number of benzene rings is 1. The van der Waals surface area contributed by atoms with Gasteiger partial charge in [-0.15, -0.1) is 0 Å². The molecule has 0 spiro atoms. The molecule has 4 heteroatoms. The minimum Gasteiger partial charge on any atom is -0.501 e. The van der Waals surface area contributed by atoms with Crippen LogP contribution in [0.5, 0.6) is 0 Å². The molecule has 1 aromatic rings. The summed E-state index contributed by atoms with van der Waals surface area (Å²) in [4.78, 5) is 12.1. The molecular weight excluding hydrogens is 247 g/mol. The molecule has 16 heavy (non-hydrogen) atoms. The van der Waals surface area contributed by atoms with Crippen molar-refractivity contribution in [3.8, 4) is 0 Å². The largest absolute Gasteiger partial charge is 0.501 e. The van der Waals surface area contributed by atoms with Gasteiger partial charge in [0.25, 0.3) is 0 Å². The van der Waals surface area contributed by atoms with Crippen molar-refractivity contribution in [2.75, 3.05) is 6.61 Å². The maximum absolute atomic E-state index is 12.1. The number of rotatable bonds is 2. The first-order valence-electron chi connectivity index (χ1n) is 4.99. The van der Waals surface area contributed by atoms with Crippen LogP contribution < -0.4 is 0 Å². The molecule has 0 saturated carbocycles. The molecule has 2 rings (SSSR count). The summed E-state index contributed by atoms with van der Waals surface area (Å²) < 4.78 is 5.14. The molecule has 0 aliphatic carbocycles. The van der Waals surface area contributed by atoms with Gasteiger partial charge < -0.3 is 4.74 Å². The Balaban J connectivity index is 2.33. The molecule has 0 radical (unpaired) electrons. The van der Waals surface area contributed by atoms with Crippen molar-refractivity contribution in [2.45, 2.75) is 12.8 Å². The number of ketones is 1. The zero-order valence-corrected chi connectivity index (χ0v) is 10.0. The average molecular weight is 257 g/mol. The molecule has 0 unspecified atom stereocenters. The number of carbonyl (C=O) groups excluding carboxylic acids is 1. The molecule has 0 bridgehead atoms. The monoisotopic (exact) mass is 256 g/mol. The number of allylic oxidation sites excluding steroid dienone is 1. The van der Waals surface area contributed by atoms with Crippen LogP contribution in [0.3, 0.4) is 0 Å². The van der Waals surface area contributed by atoms with E-state index in [2.05, 4.69) is 0 Å². The van der Waals surface area contributed by atoms with Gasteiger partial charge in [-0.05, 0) is 31.0 Å². The lowest BCUT2D eigenvalue weighted by Gasteiger charge is -2.13. The number of hydrogen-bond donors (Lipinski definition) is 0. The number of Topliss-reactive ketones (excluding diaryl/α,β-unsaturated/α-hetero) is 1. The van der Waals surface area contributed by atoms with Gasteiger partial charge in [0.2, 0.25) is 0 Å². The molecule has 0 amide bonds. The van der Waals surface area contributed by atoms with Crippen molar-refractivity contribution in [2.24, 2.45) is 0 Å². The normalized spacial score (nSPS) is 15.2. The van der Waals surface area contributed by atoms with Gasteiger partial charge in [0.15, 0.2) is 5.78 Å². The lowest BCUT2D eigenvalue weighted by atomic mass is 10.00. The molecular formula is C12H10Cl2O2.